The van der Waals surface area contributed by atoms with Crippen LogP contribution in [0.4, 0.5) is 0 Å². The molecule has 0 amide bonds. The molecule has 0 aliphatic rings. The van der Waals surface area contributed by atoms with Gasteiger partial charge < -0.3 is 4.74 Å². The van der Waals surface area contributed by atoms with Crippen LogP contribution in [-0.4, -0.2) is 15.0 Å². The van der Waals surface area contributed by atoms with E-state index < -0.39 is 10.0 Å². The van der Waals surface area contributed by atoms with Gasteiger partial charge in [-0.1, -0.05) is 77.6 Å². The van der Waals surface area contributed by atoms with Gasteiger partial charge in [0.15, 0.2) is 0 Å². The summed E-state index contributed by atoms with van der Waals surface area (Å²) in [5.41, 5.74) is 0. The van der Waals surface area contributed by atoms with Crippen molar-refractivity contribution >= 4 is 10.0 Å². The number of sulfonamides is 1. The Morgan fingerprint density at radius 1 is 0.760 bits per heavy atom. The SMILES string of the molecule is CCCCCCCCCCCCCCOc1ccc(S(N)(=O)=O)cc1. The molecule has 0 aliphatic carbocycles. The molecule has 0 fully saturated rings. The molecular formula is C20H35NO3S. The van der Waals surface area contributed by atoms with Crippen molar-refractivity contribution < 1.29 is 13.2 Å². The Kier molecular flexibility index (Phi) is 11.6. The molecule has 2 N–H and O–H groups in total. The molecule has 1 aromatic carbocycles. The first-order chi connectivity index (χ1) is 12.0. The quantitative estimate of drug-likeness (QED) is 0.420. The molecule has 0 radical (unpaired) electrons. The molecule has 0 unspecified atom stereocenters. The van der Waals surface area contributed by atoms with Crippen LogP contribution in [-0.2, 0) is 10.0 Å². The first-order valence-electron chi connectivity index (χ1n) is 9.79. The molecule has 25 heavy (non-hydrogen) atoms. The molecule has 0 aliphatic heterocycles. The summed E-state index contributed by atoms with van der Waals surface area (Å²) in [6.45, 7) is 2.93. The summed E-state index contributed by atoms with van der Waals surface area (Å²) in [5.74, 6) is 0.690. The zero-order valence-electron chi connectivity index (χ0n) is 15.7. The van der Waals surface area contributed by atoms with E-state index in [-0.39, 0.29) is 4.90 Å². The fourth-order valence-electron chi connectivity index (χ4n) is 2.86. The van der Waals surface area contributed by atoms with Gasteiger partial charge in [0.1, 0.15) is 5.75 Å². The van der Waals surface area contributed by atoms with Crippen LogP contribution in [0.3, 0.4) is 0 Å². The van der Waals surface area contributed by atoms with Crippen molar-refractivity contribution in [2.24, 2.45) is 5.14 Å². The van der Waals surface area contributed by atoms with Crippen molar-refractivity contribution in [3.63, 3.8) is 0 Å². The van der Waals surface area contributed by atoms with Gasteiger partial charge in [0, 0.05) is 0 Å². The Balaban J connectivity index is 1.93. The van der Waals surface area contributed by atoms with Gasteiger partial charge in [0.2, 0.25) is 10.0 Å². The third-order valence-electron chi connectivity index (χ3n) is 4.42. The number of nitrogens with two attached hydrogens (primary N) is 1. The minimum absolute atomic E-state index is 0.116. The van der Waals surface area contributed by atoms with Gasteiger partial charge in [0.25, 0.3) is 0 Å². The molecule has 0 aromatic heterocycles. The van der Waals surface area contributed by atoms with E-state index in [0.29, 0.717) is 12.4 Å². The maximum absolute atomic E-state index is 11.2. The Bertz CT molecular complexity index is 541. The summed E-state index contributed by atoms with van der Waals surface area (Å²) >= 11 is 0. The average molecular weight is 370 g/mol. The number of hydrogen-bond acceptors (Lipinski definition) is 3. The average Bonchev–Trinajstić information content (AvgIpc) is 2.58. The monoisotopic (exact) mass is 369 g/mol. The molecule has 0 saturated carbocycles. The second-order valence-electron chi connectivity index (χ2n) is 6.75. The van der Waals surface area contributed by atoms with E-state index in [1.165, 1.54) is 82.8 Å². The van der Waals surface area contributed by atoms with Crippen LogP contribution >= 0.6 is 0 Å². The molecule has 144 valence electrons. The van der Waals surface area contributed by atoms with Gasteiger partial charge in [-0.15, -0.1) is 0 Å². The first kappa shape index (κ1) is 22.0. The predicted molar refractivity (Wildman–Crippen MR) is 104 cm³/mol. The minimum atomic E-state index is -3.62. The fraction of sp³-hybridized carbons (Fsp3) is 0.700. The highest BCUT2D eigenvalue weighted by Gasteiger charge is 2.06. The second kappa shape index (κ2) is 13.2. The topological polar surface area (TPSA) is 69.4 Å². The van der Waals surface area contributed by atoms with Crippen molar-refractivity contribution in [2.75, 3.05) is 6.61 Å². The van der Waals surface area contributed by atoms with Crippen LogP contribution in [0.1, 0.15) is 84.0 Å². The van der Waals surface area contributed by atoms with E-state index in [0.717, 1.165) is 6.42 Å². The molecule has 1 rings (SSSR count). The van der Waals surface area contributed by atoms with E-state index in [2.05, 4.69) is 6.92 Å². The van der Waals surface area contributed by atoms with Crippen LogP contribution in [0.2, 0.25) is 0 Å². The maximum Gasteiger partial charge on any atom is 0.238 e. The molecule has 4 nitrogen and oxygen atoms in total. The van der Waals surface area contributed by atoms with E-state index in [4.69, 9.17) is 9.88 Å². The normalized spacial score (nSPS) is 11.6. The zero-order valence-corrected chi connectivity index (χ0v) is 16.5. The van der Waals surface area contributed by atoms with Gasteiger partial charge in [-0.25, -0.2) is 13.6 Å². The lowest BCUT2D eigenvalue weighted by atomic mass is 10.1. The van der Waals surface area contributed by atoms with Crippen LogP contribution in [0.15, 0.2) is 29.2 Å². The summed E-state index contributed by atoms with van der Waals surface area (Å²) in [5, 5.41) is 5.06. The summed E-state index contributed by atoms with van der Waals surface area (Å²) in [7, 11) is -3.62. The highest BCUT2D eigenvalue weighted by Crippen LogP contribution is 2.16. The van der Waals surface area contributed by atoms with Crippen LogP contribution in [0.25, 0.3) is 0 Å². The standard InChI is InChI=1S/C20H35NO3S/c1-2-3-4-5-6-7-8-9-10-11-12-13-18-24-19-14-16-20(17-15-19)25(21,22)23/h14-17H,2-13,18H2,1H3,(H2,21,22,23). The smallest absolute Gasteiger partial charge is 0.238 e. The highest BCUT2D eigenvalue weighted by atomic mass is 32.2. The van der Waals surface area contributed by atoms with E-state index in [1.807, 2.05) is 0 Å². The minimum Gasteiger partial charge on any atom is -0.494 e. The van der Waals surface area contributed by atoms with E-state index in [1.54, 1.807) is 12.1 Å². The van der Waals surface area contributed by atoms with Crippen LogP contribution < -0.4 is 9.88 Å². The van der Waals surface area contributed by atoms with Gasteiger partial charge >= 0.3 is 0 Å². The third-order valence-corrected chi connectivity index (χ3v) is 5.35. The predicted octanol–water partition coefficient (Wildman–Crippen LogP) is 5.41. The van der Waals surface area contributed by atoms with Gasteiger partial charge in [-0.3, -0.25) is 0 Å². The highest BCUT2D eigenvalue weighted by molar-refractivity contribution is 7.89. The Labute approximate surface area is 154 Å². The maximum atomic E-state index is 11.2. The Morgan fingerprint density at radius 3 is 1.64 bits per heavy atom. The molecular weight excluding hydrogens is 334 g/mol. The third kappa shape index (κ3) is 11.2. The molecule has 0 spiro atoms. The van der Waals surface area contributed by atoms with Gasteiger partial charge in [-0.05, 0) is 30.7 Å². The zero-order chi connectivity index (χ0) is 18.4. The van der Waals surface area contributed by atoms with Crippen LogP contribution in [0, 0.1) is 0 Å². The lowest BCUT2D eigenvalue weighted by molar-refractivity contribution is 0.304. The van der Waals surface area contributed by atoms with Crippen molar-refractivity contribution in [2.45, 2.75) is 88.9 Å². The Morgan fingerprint density at radius 2 is 1.20 bits per heavy atom. The largest absolute Gasteiger partial charge is 0.494 e. The molecule has 0 saturated heterocycles. The summed E-state index contributed by atoms with van der Waals surface area (Å²) < 4.78 is 28.0. The summed E-state index contributed by atoms with van der Waals surface area (Å²) in [6, 6.07) is 6.26. The number of rotatable bonds is 15. The first-order valence-corrected chi connectivity index (χ1v) is 11.3. The molecule has 5 heteroatoms. The second-order valence-corrected chi connectivity index (χ2v) is 8.32. The van der Waals surface area contributed by atoms with E-state index in [9.17, 15) is 8.42 Å². The number of ether oxygens (including phenoxy) is 1. The van der Waals surface area contributed by atoms with Crippen molar-refractivity contribution in [3.05, 3.63) is 24.3 Å². The number of unbranched alkanes of at least 4 members (excludes halogenated alkanes) is 11. The summed E-state index contributed by atoms with van der Waals surface area (Å²) in [6.07, 6.45) is 15.8. The summed E-state index contributed by atoms with van der Waals surface area (Å²) in [4.78, 5) is 0.116. The van der Waals surface area contributed by atoms with Crippen molar-refractivity contribution in [1.29, 1.82) is 0 Å². The molecule has 0 bridgehead atoms. The number of primary sulfonamides is 1. The molecule has 0 atom stereocenters. The van der Waals surface area contributed by atoms with Crippen LogP contribution in [0.5, 0.6) is 5.75 Å². The van der Waals surface area contributed by atoms with Gasteiger partial charge in [-0.2, -0.15) is 0 Å². The Hall–Kier alpha value is -1.07. The van der Waals surface area contributed by atoms with Gasteiger partial charge in [0.05, 0.1) is 11.5 Å². The van der Waals surface area contributed by atoms with Crippen molar-refractivity contribution in [3.8, 4) is 5.75 Å². The van der Waals surface area contributed by atoms with Crippen molar-refractivity contribution in [1.82, 2.24) is 0 Å². The van der Waals surface area contributed by atoms with E-state index >= 15 is 0 Å². The lowest BCUT2D eigenvalue weighted by Gasteiger charge is -2.07. The molecule has 1 aromatic rings. The number of hydrogen-bond donors (Lipinski definition) is 1. The molecule has 0 heterocycles. The lowest BCUT2D eigenvalue weighted by Crippen LogP contribution is -2.11. The fourth-order valence-corrected chi connectivity index (χ4v) is 3.37. The number of benzene rings is 1.